The molecular weight excluding hydrogens is 324 g/mol. The SMILES string of the molecule is CC1(C)OC(=O)C(c2ccccc2)C1(c1ccccc1)S(C)(=O)=O. The maximum absolute atomic E-state index is 13.1. The monoisotopic (exact) mass is 344 g/mol. The minimum Gasteiger partial charge on any atom is -0.457 e. The molecule has 2 aromatic rings. The smallest absolute Gasteiger partial charge is 0.316 e. The molecule has 3 rings (SSSR count). The summed E-state index contributed by atoms with van der Waals surface area (Å²) in [7, 11) is -3.70. The summed E-state index contributed by atoms with van der Waals surface area (Å²) in [4.78, 5) is 12.7. The number of hydrogen-bond donors (Lipinski definition) is 0. The number of carbonyl (C=O) groups excluding carboxylic acids is 1. The molecule has 0 spiro atoms. The van der Waals surface area contributed by atoms with Crippen LogP contribution >= 0.6 is 0 Å². The highest BCUT2D eigenvalue weighted by molar-refractivity contribution is 7.91. The van der Waals surface area contributed by atoms with Crippen molar-refractivity contribution in [2.45, 2.75) is 30.1 Å². The minimum absolute atomic E-state index is 0.513. The number of rotatable bonds is 3. The minimum atomic E-state index is -3.70. The summed E-state index contributed by atoms with van der Waals surface area (Å²) in [5.74, 6) is -1.42. The molecule has 5 heteroatoms. The Morgan fingerprint density at radius 1 is 0.917 bits per heavy atom. The van der Waals surface area contributed by atoms with Gasteiger partial charge in [0, 0.05) is 6.26 Å². The zero-order valence-electron chi connectivity index (χ0n) is 13.9. The lowest BCUT2D eigenvalue weighted by atomic mass is 9.74. The molecule has 2 aromatic carbocycles. The van der Waals surface area contributed by atoms with Gasteiger partial charge in [-0.15, -0.1) is 0 Å². The van der Waals surface area contributed by atoms with Crippen molar-refractivity contribution < 1.29 is 17.9 Å². The first kappa shape index (κ1) is 16.7. The van der Waals surface area contributed by atoms with E-state index in [2.05, 4.69) is 0 Å². The number of benzene rings is 2. The fourth-order valence-corrected chi connectivity index (χ4v) is 6.15. The Morgan fingerprint density at radius 3 is 1.92 bits per heavy atom. The number of hydrogen-bond acceptors (Lipinski definition) is 4. The third kappa shape index (κ3) is 2.18. The average Bonchev–Trinajstić information content (AvgIpc) is 2.74. The van der Waals surface area contributed by atoms with Crippen LogP contribution in [0.5, 0.6) is 0 Å². The van der Waals surface area contributed by atoms with E-state index in [4.69, 9.17) is 4.74 Å². The Bertz CT molecular complexity index is 857. The largest absolute Gasteiger partial charge is 0.457 e. The molecule has 2 unspecified atom stereocenters. The van der Waals surface area contributed by atoms with E-state index in [0.717, 1.165) is 0 Å². The van der Waals surface area contributed by atoms with Gasteiger partial charge in [0.1, 0.15) is 11.5 Å². The molecule has 0 saturated carbocycles. The third-order valence-corrected chi connectivity index (χ3v) is 6.95. The molecule has 0 aliphatic carbocycles. The van der Waals surface area contributed by atoms with Crippen molar-refractivity contribution in [1.29, 1.82) is 0 Å². The van der Waals surface area contributed by atoms with Crippen molar-refractivity contribution in [3.8, 4) is 0 Å². The maximum atomic E-state index is 13.1. The molecule has 0 aromatic heterocycles. The van der Waals surface area contributed by atoms with Crippen LogP contribution in [0.3, 0.4) is 0 Å². The van der Waals surface area contributed by atoms with Crippen molar-refractivity contribution in [1.82, 2.24) is 0 Å². The molecule has 4 nitrogen and oxygen atoms in total. The Hall–Kier alpha value is -2.14. The van der Waals surface area contributed by atoms with E-state index in [-0.39, 0.29) is 0 Å². The molecule has 0 N–H and O–H groups in total. The number of esters is 1. The van der Waals surface area contributed by atoms with Crippen LogP contribution in [0.1, 0.15) is 30.9 Å². The van der Waals surface area contributed by atoms with Gasteiger partial charge in [0.25, 0.3) is 0 Å². The van der Waals surface area contributed by atoms with Crippen molar-refractivity contribution >= 4 is 15.8 Å². The van der Waals surface area contributed by atoms with Crippen LogP contribution in [0.25, 0.3) is 0 Å². The van der Waals surface area contributed by atoms with Crippen LogP contribution in [0.4, 0.5) is 0 Å². The van der Waals surface area contributed by atoms with Gasteiger partial charge in [-0.05, 0) is 25.0 Å². The second kappa shape index (κ2) is 5.45. The van der Waals surface area contributed by atoms with Gasteiger partial charge in [0.05, 0.1) is 0 Å². The molecular formula is C19H20O4S. The van der Waals surface area contributed by atoms with Crippen LogP contribution < -0.4 is 0 Å². The molecule has 126 valence electrons. The van der Waals surface area contributed by atoms with Gasteiger partial charge in [0.15, 0.2) is 14.6 Å². The lowest BCUT2D eigenvalue weighted by molar-refractivity contribution is -0.147. The van der Waals surface area contributed by atoms with Crippen molar-refractivity contribution in [3.05, 3.63) is 71.8 Å². The van der Waals surface area contributed by atoms with Gasteiger partial charge >= 0.3 is 5.97 Å². The van der Waals surface area contributed by atoms with Crippen LogP contribution in [-0.2, 0) is 24.1 Å². The summed E-state index contributed by atoms with van der Waals surface area (Å²) >= 11 is 0. The van der Waals surface area contributed by atoms with E-state index in [1.807, 2.05) is 12.1 Å². The van der Waals surface area contributed by atoms with Crippen LogP contribution in [0.2, 0.25) is 0 Å². The Balaban J connectivity index is 2.41. The fraction of sp³-hybridized carbons (Fsp3) is 0.316. The molecule has 1 fully saturated rings. The fourth-order valence-electron chi connectivity index (χ4n) is 3.99. The van der Waals surface area contributed by atoms with E-state index in [1.165, 1.54) is 6.26 Å². The van der Waals surface area contributed by atoms with Crippen molar-refractivity contribution in [3.63, 3.8) is 0 Å². The Morgan fingerprint density at radius 2 is 1.42 bits per heavy atom. The number of ether oxygens (including phenoxy) is 1. The standard InChI is InChI=1S/C19H20O4S/c1-18(2)19(24(3,21)22,15-12-8-5-9-13-15)16(17(20)23-18)14-10-6-4-7-11-14/h4-13,16H,1-3H3. The lowest BCUT2D eigenvalue weighted by Crippen LogP contribution is -2.52. The lowest BCUT2D eigenvalue weighted by Gasteiger charge is -2.40. The first-order valence-electron chi connectivity index (χ1n) is 7.75. The van der Waals surface area contributed by atoms with Gasteiger partial charge in [-0.2, -0.15) is 0 Å². The summed E-state index contributed by atoms with van der Waals surface area (Å²) in [6, 6.07) is 17.9. The van der Waals surface area contributed by atoms with E-state index in [0.29, 0.717) is 11.1 Å². The molecule has 1 heterocycles. The first-order chi connectivity index (χ1) is 11.2. The molecule has 0 radical (unpaired) electrons. The summed E-state index contributed by atoms with van der Waals surface area (Å²) in [5, 5.41) is 0. The van der Waals surface area contributed by atoms with Crippen LogP contribution in [-0.4, -0.2) is 26.2 Å². The Kier molecular flexibility index (Phi) is 3.79. The predicted octanol–water partition coefficient (Wildman–Crippen LogP) is 3.05. The third-order valence-electron chi connectivity index (χ3n) is 4.81. The Labute approximate surface area is 142 Å². The summed E-state index contributed by atoms with van der Waals surface area (Å²) in [6.45, 7) is 3.34. The van der Waals surface area contributed by atoms with Gasteiger partial charge < -0.3 is 4.74 Å². The van der Waals surface area contributed by atoms with E-state index in [9.17, 15) is 13.2 Å². The second-order valence-electron chi connectivity index (χ2n) is 6.65. The second-order valence-corrected chi connectivity index (χ2v) is 8.84. The molecule has 24 heavy (non-hydrogen) atoms. The van der Waals surface area contributed by atoms with Gasteiger partial charge in [-0.25, -0.2) is 8.42 Å². The van der Waals surface area contributed by atoms with Crippen LogP contribution in [0, 0.1) is 0 Å². The van der Waals surface area contributed by atoms with Gasteiger partial charge in [-0.1, -0.05) is 60.7 Å². The average molecular weight is 344 g/mol. The quantitative estimate of drug-likeness (QED) is 0.803. The first-order valence-corrected chi connectivity index (χ1v) is 9.64. The van der Waals surface area contributed by atoms with Gasteiger partial charge in [-0.3, -0.25) is 4.79 Å². The molecule has 0 amide bonds. The van der Waals surface area contributed by atoms with E-state index < -0.39 is 32.1 Å². The topological polar surface area (TPSA) is 60.4 Å². The molecule has 1 aliphatic heterocycles. The normalized spacial score (nSPS) is 26.1. The van der Waals surface area contributed by atoms with Gasteiger partial charge in [0.2, 0.25) is 0 Å². The highest BCUT2D eigenvalue weighted by Gasteiger charge is 2.69. The molecule has 2 atom stereocenters. The number of sulfone groups is 1. The van der Waals surface area contributed by atoms with Crippen molar-refractivity contribution in [2.24, 2.45) is 0 Å². The van der Waals surface area contributed by atoms with E-state index >= 15 is 0 Å². The highest BCUT2D eigenvalue weighted by atomic mass is 32.2. The van der Waals surface area contributed by atoms with Crippen molar-refractivity contribution in [2.75, 3.05) is 6.26 Å². The predicted molar refractivity (Wildman–Crippen MR) is 92.3 cm³/mol. The number of carbonyl (C=O) groups is 1. The molecule has 0 bridgehead atoms. The van der Waals surface area contributed by atoms with E-state index in [1.54, 1.807) is 62.4 Å². The zero-order chi connectivity index (χ0) is 17.6. The number of cyclic esters (lactones) is 1. The summed E-state index contributed by atoms with van der Waals surface area (Å²) in [6.07, 6.45) is 1.18. The van der Waals surface area contributed by atoms with Crippen LogP contribution in [0.15, 0.2) is 60.7 Å². The molecule has 1 saturated heterocycles. The zero-order valence-corrected chi connectivity index (χ0v) is 14.7. The maximum Gasteiger partial charge on any atom is 0.316 e. The highest BCUT2D eigenvalue weighted by Crippen LogP contribution is 2.57. The summed E-state index contributed by atoms with van der Waals surface area (Å²) < 4.78 is 30.2. The molecule has 1 aliphatic rings. The summed E-state index contributed by atoms with van der Waals surface area (Å²) in [5.41, 5.74) is 0.0130.